The Bertz CT molecular complexity index is 384. The van der Waals surface area contributed by atoms with Gasteiger partial charge in [0, 0.05) is 10.0 Å². The molecule has 0 aromatic heterocycles. The van der Waals surface area contributed by atoms with Gasteiger partial charge in [-0.25, -0.2) is 0 Å². The molecule has 1 rings (SSSR count). The van der Waals surface area contributed by atoms with Gasteiger partial charge in [0.25, 0.3) is 0 Å². The summed E-state index contributed by atoms with van der Waals surface area (Å²) in [7, 11) is 0. The smallest absolute Gasteiger partial charge is 0.232 e. The van der Waals surface area contributed by atoms with Gasteiger partial charge < -0.3 is 5.73 Å². The van der Waals surface area contributed by atoms with Crippen LogP contribution < -0.4 is 5.73 Å². The third-order valence-electron chi connectivity index (χ3n) is 1.91. The summed E-state index contributed by atoms with van der Waals surface area (Å²) in [6.07, 6.45) is 0. The molecule has 80 valence electrons. The molecule has 1 atom stereocenters. The van der Waals surface area contributed by atoms with E-state index in [4.69, 9.17) is 28.9 Å². The maximum atomic E-state index is 11.2. The molecule has 0 heterocycles. The summed E-state index contributed by atoms with van der Waals surface area (Å²) in [6.45, 7) is 1.30. The number of rotatable bonds is 3. The molecule has 1 amide bonds. The molecular formula is C10H9Cl2NO2. The van der Waals surface area contributed by atoms with E-state index in [2.05, 4.69) is 0 Å². The van der Waals surface area contributed by atoms with E-state index in [-0.39, 0.29) is 5.78 Å². The van der Waals surface area contributed by atoms with Crippen molar-refractivity contribution in [3.05, 3.63) is 33.8 Å². The Morgan fingerprint density at radius 2 is 1.67 bits per heavy atom. The van der Waals surface area contributed by atoms with Crippen LogP contribution in [0, 0.1) is 0 Å². The van der Waals surface area contributed by atoms with Crippen LogP contribution in [-0.2, 0) is 9.59 Å². The SMILES string of the molecule is CC(=O)C(C(N)=O)c1cc(Cl)cc(Cl)c1. The number of Topliss-reactive ketones (excluding diaryl/α,β-unsaturated/α-hetero) is 1. The van der Waals surface area contributed by atoms with Crippen molar-refractivity contribution in [2.75, 3.05) is 0 Å². The van der Waals surface area contributed by atoms with Gasteiger partial charge in [-0.3, -0.25) is 9.59 Å². The van der Waals surface area contributed by atoms with Crippen LogP contribution in [0.4, 0.5) is 0 Å². The Labute approximate surface area is 97.2 Å². The Morgan fingerprint density at radius 1 is 1.20 bits per heavy atom. The van der Waals surface area contributed by atoms with Gasteiger partial charge in [-0.1, -0.05) is 23.2 Å². The van der Waals surface area contributed by atoms with Crippen molar-refractivity contribution in [2.24, 2.45) is 5.73 Å². The first-order valence-electron chi connectivity index (χ1n) is 4.17. The van der Waals surface area contributed by atoms with E-state index in [1.54, 1.807) is 0 Å². The van der Waals surface area contributed by atoms with Crippen LogP contribution in [0.5, 0.6) is 0 Å². The number of primary amides is 1. The van der Waals surface area contributed by atoms with Gasteiger partial charge in [0.2, 0.25) is 5.91 Å². The molecule has 0 aliphatic carbocycles. The average Bonchev–Trinajstić information content (AvgIpc) is 1.99. The molecule has 3 nitrogen and oxygen atoms in total. The quantitative estimate of drug-likeness (QED) is 0.830. The number of ketones is 1. The van der Waals surface area contributed by atoms with Crippen LogP contribution in [0.2, 0.25) is 10.0 Å². The number of benzene rings is 1. The lowest BCUT2D eigenvalue weighted by Gasteiger charge is -2.10. The van der Waals surface area contributed by atoms with E-state index in [1.807, 2.05) is 0 Å². The van der Waals surface area contributed by atoms with Crippen molar-refractivity contribution >= 4 is 34.9 Å². The second kappa shape index (κ2) is 4.64. The summed E-state index contributed by atoms with van der Waals surface area (Å²) in [5.74, 6) is -2.03. The molecule has 0 saturated carbocycles. The van der Waals surface area contributed by atoms with E-state index < -0.39 is 11.8 Å². The number of nitrogens with two attached hydrogens (primary N) is 1. The number of carbonyl (C=O) groups excluding carboxylic acids is 2. The third kappa shape index (κ3) is 2.94. The summed E-state index contributed by atoms with van der Waals surface area (Å²) in [6, 6.07) is 4.53. The predicted octanol–water partition coefficient (Wildman–Crippen LogP) is 2.15. The van der Waals surface area contributed by atoms with Crippen molar-refractivity contribution in [3.63, 3.8) is 0 Å². The van der Waals surface area contributed by atoms with E-state index in [1.165, 1.54) is 25.1 Å². The lowest BCUT2D eigenvalue weighted by molar-refractivity contribution is -0.127. The number of halogens is 2. The van der Waals surface area contributed by atoms with Crippen molar-refractivity contribution in [2.45, 2.75) is 12.8 Å². The summed E-state index contributed by atoms with van der Waals surface area (Å²) in [5, 5.41) is 0.731. The molecule has 2 N–H and O–H groups in total. The van der Waals surface area contributed by atoms with Crippen molar-refractivity contribution in [1.29, 1.82) is 0 Å². The zero-order valence-electron chi connectivity index (χ0n) is 7.96. The first kappa shape index (κ1) is 12.0. The highest BCUT2D eigenvalue weighted by atomic mass is 35.5. The van der Waals surface area contributed by atoms with E-state index >= 15 is 0 Å². The molecule has 0 fully saturated rings. The molecule has 0 bridgehead atoms. The Kier molecular flexibility index (Phi) is 3.72. The molecule has 15 heavy (non-hydrogen) atoms. The summed E-state index contributed by atoms with van der Waals surface area (Å²) >= 11 is 11.5. The Morgan fingerprint density at radius 3 is 2.00 bits per heavy atom. The molecule has 5 heteroatoms. The molecular weight excluding hydrogens is 237 g/mol. The summed E-state index contributed by atoms with van der Waals surface area (Å²) in [4.78, 5) is 22.3. The van der Waals surface area contributed by atoms with Gasteiger partial charge in [-0.05, 0) is 30.7 Å². The van der Waals surface area contributed by atoms with Crippen LogP contribution in [-0.4, -0.2) is 11.7 Å². The predicted molar refractivity (Wildman–Crippen MR) is 59.1 cm³/mol. The van der Waals surface area contributed by atoms with E-state index in [0.717, 1.165) is 0 Å². The fraction of sp³-hybridized carbons (Fsp3) is 0.200. The zero-order valence-corrected chi connectivity index (χ0v) is 9.47. The largest absolute Gasteiger partial charge is 0.369 e. The first-order chi connectivity index (χ1) is 6.91. The van der Waals surface area contributed by atoms with Gasteiger partial charge in [0.05, 0.1) is 0 Å². The molecule has 0 aliphatic rings. The first-order valence-corrected chi connectivity index (χ1v) is 4.93. The number of carbonyl (C=O) groups is 2. The maximum absolute atomic E-state index is 11.2. The van der Waals surface area contributed by atoms with Gasteiger partial charge in [-0.15, -0.1) is 0 Å². The number of amides is 1. The molecule has 1 aromatic carbocycles. The second-order valence-electron chi connectivity index (χ2n) is 3.15. The van der Waals surface area contributed by atoms with Crippen LogP contribution >= 0.6 is 23.2 Å². The lowest BCUT2D eigenvalue weighted by Crippen LogP contribution is -2.26. The molecule has 0 saturated heterocycles. The fourth-order valence-electron chi connectivity index (χ4n) is 1.34. The van der Waals surface area contributed by atoms with E-state index in [0.29, 0.717) is 15.6 Å². The zero-order chi connectivity index (χ0) is 11.6. The Balaban J connectivity index is 3.22. The Hall–Kier alpha value is -1.06. The number of hydrogen-bond acceptors (Lipinski definition) is 2. The van der Waals surface area contributed by atoms with Crippen LogP contribution in [0.15, 0.2) is 18.2 Å². The normalized spacial score (nSPS) is 12.2. The van der Waals surface area contributed by atoms with Crippen LogP contribution in [0.3, 0.4) is 0 Å². The molecule has 1 unspecified atom stereocenters. The molecule has 1 aromatic rings. The van der Waals surface area contributed by atoms with Crippen molar-refractivity contribution < 1.29 is 9.59 Å². The van der Waals surface area contributed by atoms with Crippen LogP contribution in [0.1, 0.15) is 18.4 Å². The van der Waals surface area contributed by atoms with E-state index in [9.17, 15) is 9.59 Å². The molecule has 0 radical (unpaired) electrons. The average molecular weight is 246 g/mol. The standard InChI is InChI=1S/C10H9Cl2NO2/c1-5(14)9(10(13)15)6-2-7(11)4-8(12)3-6/h2-4,9H,1H3,(H2,13,15). The third-order valence-corrected chi connectivity index (χ3v) is 2.35. The van der Waals surface area contributed by atoms with Crippen molar-refractivity contribution in [3.8, 4) is 0 Å². The lowest BCUT2D eigenvalue weighted by atomic mass is 9.95. The van der Waals surface area contributed by atoms with Gasteiger partial charge >= 0.3 is 0 Å². The minimum Gasteiger partial charge on any atom is -0.369 e. The maximum Gasteiger partial charge on any atom is 0.232 e. The summed E-state index contributed by atoms with van der Waals surface area (Å²) in [5.41, 5.74) is 5.55. The highest BCUT2D eigenvalue weighted by molar-refractivity contribution is 6.34. The van der Waals surface area contributed by atoms with Gasteiger partial charge in [0.1, 0.15) is 11.7 Å². The second-order valence-corrected chi connectivity index (χ2v) is 4.02. The minimum absolute atomic E-state index is 0.333. The van der Waals surface area contributed by atoms with Gasteiger partial charge in [-0.2, -0.15) is 0 Å². The molecule has 0 spiro atoms. The van der Waals surface area contributed by atoms with Crippen molar-refractivity contribution in [1.82, 2.24) is 0 Å². The topological polar surface area (TPSA) is 60.2 Å². The monoisotopic (exact) mass is 245 g/mol. The highest BCUT2D eigenvalue weighted by Crippen LogP contribution is 2.25. The number of hydrogen-bond donors (Lipinski definition) is 1. The summed E-state index contributed by atoms with van der Waals surface area (Å²) < 4.78 is 0. The minimum atomic E-state index is -0.985. The highest BCUT2D eigenvalue weighted by Gasteiger charge is 2.23. The van der Waals surface area contributed by atoms with Crippen LogP contribution in [0.25, 0.3) is 0 Å². The fourth-order valence-corrected chi connectivity index (χ4v) is 1.88. The van der Waals surface area contributed by atoms with Gasteiger partial charge in [0.15, 0.2) is 0 Å². The molecule has 0 aliphatic heterocycles.